The number of para-hydroxylation sites is 2. The van der Waals surface area contributed by atoms with Crippen molar-refractivity contribution in [2.24, 2.45) is 0 Å². The second kappa shape index (κ2) is 8.76. The third kappa shape index (κ3) is 4.38. The molecule has 6 heteroatoms. The van der Waals surface area contributed by atoms with Crippen molar-refractivity contribution in [3.8, 4) is 0 Å². The number of aryl methyl sites for hydroxylation is 2. The zero-order valence-corrected chi connectivity index (χ0v) is 18.3. The SMILES string of the molecule is Cc1cccc(C)c1NC(=O)CN(C)C(=O)c1cc2ccccc2nc1N1CCCC1. The first-order valence-corrected chi connectivity index (χ1v) is 10.7. The van der Waals surface area contributed by atoms with Crippen LogP contribution in [0, 0.1) is 13.8 Å². The van der Waals surface area contributed by atoms with Gasteiger partial charge in [0.2, 0.25) is 5.91 Å². The van der Waals surface area contributed by atoms with E-state index < -0.39 is 0 Å². The Morgan fingerprint density at radius 1 is 1.03 bits per heavy atom. The smallest absolute Gasteiger partial charge is 0.257 e. The number of nitrogens with zero attached hydrogens (tertiary/aromatic N) is 3. The minimum absolute atomic E-state index is 0.0289. The number of nitrogens with one attached hydrogen (secondary N) is 1. The Labute approximate surface area is 182 Å². The molecule has 1 aliphatic heterocycles. The summed E-state index contributed by atoms with van der Waals surface area (Å²) in [6, 6.07) is 15.6. The molecular weight excluding hydrogens is 388 g/mol. The lowest BCUT2D eigenvalue weighted by atomic mass is 10.1. The predicted octanol–water partition coefficient (Wildman–Crippen LogP) is 4.16. The van der Waals surface area contributed by atoms with Gasteiger partial charge in [-0.15, -0.1) is 0 Å². The van der Waals surface area contributed by atoms with Crippen LogP contribution in [0.2, 0.25) is 0 Å². The molecule has 4 rings (SSSR count). The Kier molecular flexibility index (Phi) is 5.89. The summed E-state index contributed by atoms with van der Waals surface area (Å²) in [4.78, 5) is 34.5. The van der Waals surface area contributed by atoms with Crippen molar-refractivity contribution in [1.29, 1.82) is 0 Å². The molecule has 0 saturated carbocycles. The molecule has 31 heavy (non-hydrogen) atoms. The lowest BCUT2D eigenvalue weighted by molar-refractivity contribution is -0.116. The van der Waals surface area contributed by atoms with E-state index in [0.29, 0.717) is 11.4 Å². The van der Waals surface area contributed by atoms with Gasteiger partial charge in [-0.3, -0.25) is 9.59 Å². The summed E-state index contributed by atoms with van der Waals surface area (Å²) < 4.78 is 0. The number of carbonyl (C=O) groups is 2. The van der Waals surface area contributed by atoms with E-state index in [1.54, 1.807) is 7.05 Å². The van der Waals surface area contributed by atoms with Gasteiger partial charge in [-0.1, -0.05) is 36.4 Å². The maximum absolute atomic E-state index is 13.4. The van der Waals surface area contributed by atoms with Gasteiger partial charge in [-0.05, 0) is 49.9 Å². The molecule has 0 spiro atoms. The van der Waals surface area contributed by atoms with Crippen LogP contribution in [0.3, 0.4) is 0 Å². The Hall–Kier alpha value is -3.41. The first-order valence-electron chi connectivity index (χ1n) is 10.7. The monoisotopic (exact) mass is 416 g/mol. The third-order valence-corrected chi connectivity index (χ3v) is 5.81. The van der Waals surface area contributed by atoms with Crippen molar-refractivity contribution in [2.45, 2.75) is 26.7 Å². The Morgan fingerprint density at radius 3 is 2.42 bits per heavy atom. The predicted molar refractivity (Wildman–Crippen MR) is 125 cm³/mol. The van der Waals surface area contributed by atoms with Crippen LogP contribution in [0.25, 0.3) is 10.9 Å². The topological polar surface area (TPSA) is 65.5 Å². The third-order valence-electron chi connectivity index (χ3n) is 5.81. The highest BCUT2D eigenvalue weighted by molar-refractivity contribution is 6.04. The van der Waals surface area contributed by atoms with Crippen LogP contribution >= 0.6 is 0 Å². The number of aromatic nitrogens is 1. The van der Waals surface area contributed by atoms with Gasteiger partial charge in [0.1, 0.15) is 5.82 Å². The summed E-state index contributed by atoms with van der Waals surface area (Å²) in [5.41, 5.74) is 4.22. The summed E-state index contributed by atoms with van der Waals surface area (Å²) in [5.74, 6) is 0.296. The molecule has 1 N–H and O–H groups in total. The lowest BCUT2D eigenvalue weighted by Crippen LogP contribution is -2.36. The number of anilines is 2. The summed E-state index contributed by atoms with van der Waals surface area (Å²) >= 11 is 0. The molecule has 2 heterocycles. The first-order chi connectivity index (χ1) is 14.9. The minimum Gasteiger partial charge on any atom is -0.356 e. The second-order valence-corrected chi connectivity index (χ2v) is 8.22. The minimum atomic E-state index is -0.218. The highest BCUT2D eigenvalue weighted by Crippen LogP contribution is 2.27. The van der Waals surface area contributed by atoms with Crippen molar-refractivity contribution < 1.29 is 9.59 Å². The molecule has 160 valence electrons. The van der Waals surface area contributed by atoms with E-state index in [2.05, 4.69) is 10.2 Å². The molecule has 0 aliphatic carbocycles. The molecule has 1 aliphatic rings. The second-order valence-electron chi connectivity index (χ2n) is 8.22. The molecule has 1 aromatic heterocycles. The molecule has 0 bridgehead atoms. The fourth-order valence-electron chi connectivity index (χ4n) is 4.12. The largest absolute Gasteiger partial charge is 0.356 e. The van der Waals surface area contributed by atoms with Crippen LogP contribution in [-0.4, -0.2) is 48.4 Å². The van der Waals surface area contributed by atoms with E-state index in [4.69, 9.17) is 4.98 Å². The average molecular weight is 417 g/mol. The van der Waals surface area contributed by atoms with Gasteiger partial charge in [0.05, 0.1) is 17.6 Å². The van der Waals surface area contributed by atoms with Crippen molar-refractivity contribution in [3.05, 3.63) is 65.2 Å². The molecule has 6 nitrogen and oxygen atoms in total. The molecule has 0 radical (unpaired) electrons. The molecule has 0 atom stereocenters. The normalized spacial score (nSPS) is 13.5. The number of hydrogen-bond acceptors (Lipinski definition) is 4. The molecule has 2 aromatic carbocycles. The zero-order chi connectivity index (χ0) is 22.0. The highest BCUT2D eigenvalue weighted by atomic mass is 16.2. The van der Waals surface area contributed by atoms with Crippen molar-refractivity contribution in [1.82, 2.24) is 9.88 Å². The van der Waals surface area contributed by atoms with Crippen molar-refractivity contribution in [2.75, 3.05) is 36.9 Å². The van der Waals surface area contributed by atoms with Gasteiger partial charge in [-0.2, -0.15) is 0 Å². The van der Waals surface area contributed by atoms with Crippen LogP contribution in [0.15, 0.2) is 48.5 Å². The fraction of sp³-hybridized carbons (Fsp3) is 0.320. The van der Waals surface area contributed by atoms with E-state index in [-0.39, 0.29) is 18.4 Å². The van der Waals surface area contributed by atoms with E-state index in [0.717, 1.165) is 53.6 Å². The molecular formula is C25H28N4O2. The molecule has 0 unspecified atom stereocenters. The summed E-state index contributed by atoms with van der Waals surface area (Å²) in [7, 11) is 1.66. The number of hydrogen-bond donors (Lipinski definition) is 1. The van der Waals surface area contributed by atoms with Crippen LogP contribution in [0.5, 0.6) is 0 Å². The Bertz CT molecular complexity index is 1120. The number of carbonyl (C=O) groups excluding carboxylic acids is 2. The summed E-state index contributed by atoms with van der Waals surface area (Å²) in [6.07, 6.45) is 2.19. The highest BCUT2D eigenvalue weighted by Gasteiger charge is 2.25. The maximum Gasteiger partial charge on any atom is 0.257 e. The van der Waals surface area contributed by atoms with Gasteiger partial charge in [0, 0.05) is 31.2 Å². The quantitative estimate of drug-likeness (QED) is 0.678. The van der Waals surface area contributed by atoms with Crippen LogP contribution in [0.4, 0.5) is 11.5 Å². The van der Waals surface area contributed by atoms with E-state index in [1.165, 1.54) is 4.90 Å². The summed E-state index contributed by atoms with van der Waals surface area (Å²) in [6.45, 7) is 5.67. The van der Waals surface area contributed by atoms with Gasteiger partial charge in [0.25, 0.3) is 5.91 Å². The first kappa shape index (κ1) is 20.8. The zero-order valence-electron chi connectivity index (χ0n) is 18.3. The van der Waals surface area contributed by atoms with E-state index >= 15 is 0 Å². The number of fused-ring (bicyclic) bond motifs is 1. The standard InChI is InChI=1S/C25H28N4O2/c1-17-9-8-10-18(2)23(17)27-22(30)16-28(3)25(31)20-15-19-11-4-5-12-21(19)26-24(20)29-13-6-7-14-29/h4-5,8-12,15H,6-7,13-14,16H2,1-3H3,(H,27,30). The fourth-order valence-corrected chi connectivity index (χ4v) is 4.12. The number of rotatable bonds is 5. The van der Waals surface area contributed by atoms with Gasteiger partial charge < -0.3 is 15.1 Å². The van der Waals surface area contributed by atoms with Gasteiger partial charge >= 0.3 is 0 Å². The molecule has 1 saturated heterocycles. The number of likely N-dealkylation sites (N-methyl/N-ethyl adjacent to an activating group) is 1. The van der Waals surface area contributed by atoms with Crippen LogP contribution in [-0.2, 0) is 4.79 Å². The van der Waals surface area contributed by atoms with Crippen LogP contribution in [0.1, 0.15) is 34.3 Å². The van der Waals surface area contributed by atoms with E-state index in [1.807, 2.05) is 62.4 Å². The van der Waals surface area contributed by atoms with Crippen molar-refractivity contribution in [3.63, 3.8) is 0 Å². The van der Waals surface area contributed by atoms with Gasteiger partial charge in [-0.25, -0.2) is 4.98 Å². The van der Waals surface area contributed by atoms with Gasteiger partial charge in [0.15, 0.2) is 0 Å². The number of amides is 2. The number of pyridine rings is 1. The Morgan fingerprint density at radius 2 is 1.71 bits per heavy atom. The molecule has 2 amide bonds. The van der Waals surface area contributed by atoms with Crippen molar-refractivity contribution >= 4 is 34.2 Å². The average Bonchev–Trinajstić information content (AvgIpc) is 3.29. The lowest BCUT2D eigenvalue weighted by Gasteiger charge is -2.23. The summed E-state index contributed by atoms with van der Waals surface area (Å²) in [5, 5.41) is 3.87. The Balaban J connectivity index is 1.58. The molecule has 3 aromatic rings. The van der Waals surface area contributed by atoms with Crippen LogP contribution < -0.4 is 10.2 Å². The van der Waals surface area contributed by atoms with E-state index in [9.17, 15) is 9.59 Å². The number of benzene rings is 2. The molecule has 1 fully saturated rings. The maximum atomic E-state index is 13.4.